The molecule has 1 aliphatic carbocycles. The van der Waals surface area contributed by atoms with Crippen molar-refractivity contribution >= 4 is 40.3 Å². The minimum Gasteiger partial charge on any atom is -0.384 e. The number of rotatable bonds is 6. The van der Waals surface area contributed by atoms with Crippen LogP contribution < -0.4 is 10.6 Å². The first-order valence-corrected chi connectivity index (χ1v) is 13.6. The highest BCUT2D eigenvalue weighted by Gasteiger charge is 2.45. The van der Waals surface area contributed by atoms with Crippen LogP contribution in [0, 0.1) is 26.9 Å². The first-order valence-electron chi connectivity index (χ1n) is 11.7. The molecule has 1 aromatic carbocycles. The van der Waals surface area contributed by atoms with Gasteiger partial charge in [0.25, 0.3) is 5.69 Å². The molecule has 1 atom stereocenters. The van der Waals surface area contributed by atoms with E-state index >= 15 is 0 Å². The van der Waals surface area contributed by atoms with Crippen LogP contribution in [0.5, 0.6) is 0 Å². The van der Waals surface area contributed by atoms with Crippen LogP contribution in [0.1, 0.15) is 43.0 Å². The molecule has 194 valence electrons. The number of allylic oxidation sites excluding steroid dienone is 3. The third kappa shape index (κ3) is 4.57. The number of benzene rings is 1. The molecule has 5 rings (SSSR count). The van der Waals surface area contributed by atoms with Gasteiger partial charge in [0.05, 0.1) is 28.2 Å². The molecule has 2 N–H and O–H groups in total. The number of nitriles is 1. The van der Waals surface area contributed by atoms with Crippen LogP contribution in [0.25, 0.3) is 0 Å². The average Bonchev–Trinajstić information content (AvgIpc) is 3.50. The molecule has 0 spiro atoms. The zero-order valence-corrected chi connectivity index (χ0v) is 22.5. The van der Waals surface area contributed by atoms with Gasteiger partial charge in [-0.1, -0.05) is 31.7 Å². The smallest absolute Gasteiger partial charge is 0.271 e. The van der Waals surface area contributed by atoms with Gasteiger partial charge in [-0.15, -0.1) is 16.4 Å². The first-order chi connectivity index (χ1) is 18.1. The molecule has 0 unspecified atom stereocenters. The van der Waals surface area contributed by atoms with Crippen molar-refractivity contribution < 1.29 is 9.72 Å². The number of anilines is 1. The maximum atomic E-state index is 13.7. The summed E-state index contributed by atoms with van der Waals surface area (Å²) in [7, 11) is 1.77. The lowest BCUT2D eigenvalue weighted by atomic mass is 9.69. The number of aryl methyl sites for hydroxylation is 1. The molecule has 3 aromatic rings. The van der Waals surface area contributed by atoms with E-state index in [9.17, 15) is 20.2 Å². The summed E-state index contributed by atoms with van der Waals surface area (Å²) in [6.07, 6.45) is 0.858. The predicted molar refractivity (Wildman–Crippen MR) is 143 cm³/mol. The van der Waals surface area contributed by atoms with Crippen LogP contribution in [0.4, 0.5) is 11.4 Å². The normalized spacial score (nSPS) is 18.9. The second-order valence-corrected chi connectivity index (χ2v) is 11.9. The second-order valence-electron chi connectivity index (χ2n) is 9.99. The number of nitrogens with zero attached hydrogens (tertiary/aromatic N) is 7. The number of thiophene rings is 1. The van der Waals surface area contributed by atoms with E-state index in [2.05, 4.69) is 21.6 Å². The van der Waals surface area contributed by atoms with Gasteiger partial charge in [-0.05, 0) is 45.3 Å². The number of Topliss-reactive ketones (excluding diaryl/α,β-unsaturated/α-hetero) is 1. The number of nitrogens with two attached hydrogens (primary N) is 1. The van der Waals surface area contributed by atoms with E-state index in [1.165, 1.54) is 35.2 Å². The highest BCUT2D eigenvalue weighted by molar-refractivity contribution is 7.98. The summed E-state index contributed by atoms with van der Waals surface area (Å²) in [5.41, 5.74) is 9.13. The molecule has 1 aliphatic heterocycles. The van der Waals surface area contributed by atoms with Gasteiger partial charge in [-0.2, -0.15) is 5.26 Å². The number of nitro benzene ring substituents is 1. The zero-order chi connectivity index (χ0) is 27.2. The van der Waals surface area contributed by atoms with Crippen molar-refractivity contribution in [3.05, 3.63) is 78.9 Å². The lowest BCUT2D eigenvalue weighted by Gasteiger charge is -2.43. The number of thioether (sulfide) groups is 1. The van der Waals surface area contributed by atoms with Gasteiger partial charge in [-0.3, -0.25) is 19.8 Å². The number of nitro groups is 1. The molecule has 0 saturated heterocycles. The summed E-state index contributed by atoms with van der Waals surface area (Å²) in [4.78, 5) is 27.2. The number of ketones is 1. The molecule has 13 heteroatoms. The quantitative estimate of drug-likeness (QED) is 0.266. The number of hydrogen-bond donors (Lipinski definition) is 1. The third-order valence-corrected chi connectivity index (χ3v) is 8.72. The van der Waals surface area contributed by atoms with Gasteiger partial charge in [0.15, 0.2) is 5.78 Å². The van der Waals surface area contributed by atoms with Crippen molar-refractivity contribution in [3.8, 4) is 6.07 Å². The lowest BCUT2D eigenvalue weighted by molar-refractivity contribution is -0.384. The van der Waals surface area contributed by atoms with E-state index in [-0.39, 0.29) is 28.3 Å². The van der Waals surface area contributed by atoms with Crippen LogP contribution >= 0.6 is 23.1 Å². The van der Waals surface area contributed by atoms with Crippen molar-refractivity contribution in [1.29, 1.82) is 5.26 Å². The standard InChI is InChI=1S/C25H24N8O3S2/c1-25(2)9-18-22(19(34)10-25)21(20-7-14(12-37-20)13-38-24-28-29-30-31(24)3)17(11-26)23(27)32(18)15-5-4-6-16(8-15)33(35)36/h4-8,12,21H,9-10,13,27H2,1-3H3/t21-/m1/s1. The average molecular weight is 549 g/mol. The maximum absolute atomic E-state index is 13.7. The van der Waals surface area contributed by atoms with Crippen molar-refractivity contribution in [2.24, 2.45) is 18.2 Å². The van der Waals surface area contributed by atoms with Gasteiger partial charge in [0.1, 0.15) is 5.82 Å². The van der Waals surface area contributed by atoms with Crippen molar-refractivity contribution in [2.75, 3.05) is 4.90 Å². The SMILES string of the molecule is Cn1nnnc1SCc1csc([C@H]2C(C#N)=C(N)N(c3cccc([N+](=O)[O-])c3)C3=C2C(=O)CC(C)(C)C3)c1. The molecule has 0 fully saturated rings. The fourth-order valence-electron chi connectivity index (χ4n) is 4.95. The van der Waals surface area contributed by atoms with E-state index in [4.69, 9.17) is 5.73 Å². The summed E-state index contributed by atoms with van der Waals surface area (Å²) in [5.74, 6) is 0.141. The monoisotopic (exact) mass is 548 g/mol. The fourth-order valence-corrected chi connectivity index (χ4v) is 6.86. The first kappa shape index (κ1) is 25.6. The van der Waals surface area contributed by atoms with Gasteiger partial charge >= 0.3 is 0 Å². The van der Waals surface area contributed by atoms with E-state index < -0.39 is 10.8 Å². The molecule has 0 radical (unpaired) electrons. The van der Waals surface area contributed by atoms with Gasteiger partial charge in [-0.25, -0.2) is 4.68 Å². The van der Waals surface area contributed by atoms with E-state index in [1.54, 1.807) is 28.8 Å². The lowest BCUT2D eigenvalue weighted by Crippen LogP contribution is -2.42. The Bertz CT molecular complexity index is 1560. The molecule has 0 bridgehead atoms. The Morgan fingerprint density at radius 1 is 1.34 bits per heavy atom. The molecule has 3 heterocycles. The number of carbonyl (C=O) groups excluding carboxylic acids is 1. The van der Waals surface area contributed by atoms with Crippen molar-refractivity contribution in [2.45, 2.75) is 43.5 Å². The van der Waals surface area contributed by atoms with Gasteiger partial charge < -0.3 is 5.73 Å². The number of non-ortho nitro benzene ring substituents is 1. The number of carbonyl (C=O) groups is 1. The van der Waals surface area contributed by atoms with E-state index in [0.717, 1.165) is 10.4 Å². The Labute approximate surface area is 226 Å². The topological polar surface area (TPSA) is 157 Å². The maximum Gasteiger partial charge on any atom is 0.271 e. The van der Waals surface area contributed by atoms with Crippen molar-refractivity contribution in [3.63, 3.8) is 0 Å². The van der Waals surface area contributed by atoms with Gasteiger partial charge in [0, 0.05) is 47.5 Å². The van der Waals surface area contributed by atoms with Crippen LogP contribution in [0.2, 0.25) is 0 Å². The Hall–Kier alpha value is -4.02. The summed E-state index contributed by atoms with van der Waals surface area (Å²) in [6, 6.07) is 10.3. The molecular formula is C25H24N8O3S2. The minimum absolute atomic E-state index is 0.0496. The predicted octanol–water partition coefficient (Wildman–Crippen LogP) is 4.41. The molecule has 2 aromatic heterocycles. The molecule has 2 aliphatic rings. The number of aromatic nitrogens is 4. The Balaban J connectivity index is 1.60. The van der Waals surface area contributed by atoms with Gasteiger partial charge in [0.2, 0.25) is 5.16 Å². The Morgan fingerprint density at radius 2 is 2.13 bits per heavy atom. The summed E-state index contributed by atoms with van der Waals surface area (Å²) >= 11 is 2.96. The highest BCUT2D eigenvalue weighted by Crippen LogP contribution is 2.51. The second kappa shape index (κ2) is 9.70. The fraction of sp³-hybridized carbons (Fsp3) is 0.320. The minimum atomic E-state index is -0.603. The Kier molecular flexibility index (Phi) is 6.54. The van der Waals surface area contributed by atoms with Crippen molar-refractivity contribution in [1.82, 2.24) is 20.2 Å². The third-order valence-electron chi connectivity index (χ3n) is 6.59. The summed E-state index contributed by atoms with van der Waals surface area (Å²) < 4.78 is 1.60. The van der Waals surface area contributed by atoms with Crippen LogP contribution in [0.3, 0.4) is 0 Å². The van der Waals surface area contributed by atoms with E-state index in [0.29, 0.717) is 40.7 Å². The van der Waals surface area contributed by atoms with Crippen LogP contribution in [-0.4, -0.2) is 30.9 Å². The molecular weight excluding hydrogens is 524 g/mol. The highest BCUT2D eigenvalue weighted by atomic mass is 32.2. The number of hydrogen-bond acceptors (Lipinski definition) is 11. The van der Waals surface area contributed by atoms with E-state index in [1.807, 2.05) is 25.3 Å². The molecule has 38 heavy (non-hydrogen) atoms. The van der Waals surface area contributed by atoms with Crippen LogP contribution in [0.15, 0.2) is 63.5 Å². The van der Waals surface area contributed by atoms with Crippen LogP contribution in [-0.2, 0) is 17.6 Å². The Morgan fingerprint density at radius 3 is 2.82 bits per heavy atom. The molecule has 0 saturated carbocycles. The molecule has 11 nitrogen and oxygen atoms in total. The zero-order valence-electron chi connectivity index (χ0n) is 20.9. The largest absolute Gasteiger partial charge is 0.384 e. The number of tetrazole rings is 1. The summed E-state index contributed by atoms with van der Waals surface area (Å²) in [5, 5.41) is 35.9. The molecule has 0 amide bonds. The summed E-state index contributed by atoms with van der Waals surface area (Å²) in [6.45, 7) is 4.02.